The number of nitrogens with one attached hydrogen (secondary N) is 2. The van der Waals surface area contributed by atoms with Crippen molar-refractivity contribution in [3.8, 4) is 0 Å². The van der Waals surface area contributed by atoms with Crippen LogP contribution in [0.1, 0.15) is 25.6 Å². The predicted octanol–water partition coefficient (Wildman–Crippen LogP) is 3.39. The number of para-hydroxylation sites is 1. The van der Waals surface area contributed by atoms with Crippen molar-refractivity contribution >= 4 is 33.3 Å². The van der Waals surface area contributed by atoms with E-state index in [9.17, 15) is 0 Å². The van der Waals surface area contributed by atoms with Gasteiger partial charge in [-0.1, -0.05) is 26.0 Å². The van der Waals surface area contributed by atoms with E-state index >= 15 is 0 Å². The third-order valence-electron chi connectivity index (χ3n) is 2.54. The molecule has 0 saturated carbocycles. The van der Waals surface area contributed by atoms with Gasteiger partial charge in [-0.3, -0.25) is 0 Å². The van der Waals surface area contributed by atoms with Crippen LogP contribution in [0.2, 0.25) is 0 Å². The second-order valence-corrected chi connectivity index (χ2v) is 5.25. The van der Waals surface area contributed by atoms with E-state index in [0.717, 1.165) is 16.0 Å². The minimum absolute atomic E-state index is 0.230. The minimum atomic E-state index is 0.230. The molecule has 100 valence electrons. The van der Waals surface area contributed by atoms with Gasteiger partial charge in [-0.05, 0) is 28.1 Å². The van der Waals surface area contributed by atoms with Gasteiger partial charge in [0.05, 0.1) is 5.69 Å². The van der Waals surface area contributed by atoms with Crippen LogP contribution in [0.5, 0.6) is 0 Å². The molecule has 1 aromatic heterocycles. The number of halogens is 1. The number of hydrogen-bond donors (Lipinski definition) is 3. The Morgan fingerprint density at radius 2 is 1.84 bits per heavy atom. The number of hydrogen-bond acceptors (Lipinski definition) is 5. The van der Waals surface area contributed by atoms with Gasteiger partial charge in [0.2, 0.25) is 0 Å². The second kappa shape index (κ2) is 5.99. The highest BCUT2D eigenvalue weighted by molar-refractivity contribution is 9.10. The number of nitrogens with two attached hydrogens (primary N) is 1. The molecule has 6 heteroatoms. The summed E-state index contributed by atoms with van der Waals surface area (Å²) in [7, 11) is 0. The number of nitrogen functional groups attached to an aromatic ring is 1. The Balaban J connectivity index is 2.34. The zero-order valence-electron chi connectivity index (χ0n) is 10.8. The first-order valence-corrected chi connectivity index (χ1v) is 6.76. The molecule has 0 saturated heterocycles. The van der Waals surface area contributed by atoms with Crippen LogP contribution in [0.3, 0.4) is 0 Å². The second-order valence-electron chi connectivity index (χ2n) is 4.40. The molecule has 0 unspecified atom stereocenters. The van der Waals surface area contributed by atoms with Crippen molar-refractivity contribution in [2.75, 3.05) is 10.7 Å². The van der Waals surface area contributed by atoms with Crippen molar-refractivity contribution in [2.45, 2.75) is 19.8 Å². The number of nitrogens with zero attached hydrogens (tertiary/aromatic N) is 2. The lowest BCUT2D eigenvalue weighted by molar-refractivity contribution is 0.777. The summed E-state index contributed by atoms with van der Waals surface area (Å²) in [4.78, 5) is 8.80. The largest absolute Gasteiger partial charge is 0.339 e. The summed E-state index contributed by atoms with van der Waals surface area (Å²) in [6, 6.07) is 9.62. The highest BCUT2D eigenvalue weighted by Crippen LogP contribution is 2.26. The standard InChI is InChI=1S/C13H16BrN5/c1-8(2)13-17-11(7-12(18-13)19-15)16-10-6-4-3-5-9(10)14/h3-8H,15H2,1-2H3,(H2,16,17,18,19). The quantitative estimate of drug-likeness (QED) is 0.594. The summed E-state index contributed by atoms with van der Waals surface area (Å²) in [5.41, 5.74) is 3.50. The maximum atomic E-state index is 5.43. The van der Waals surface area contributed by atoms with Gasteiger partial charge in [0.25, 0.3) is 0 Å². The van der Waals surface area contributed by atoms with E-state index in [0.29, 0.717) is 11.6 Å². The Hall–Kier alpha value is -1.66. The highest BCUT2D eigenvalue weighted by Gasteiger charge is 2.08. The molecule has 0 amide bonds. The summed E-state index contributed by atoms with van der Waals surface area (Å²) in [5, 5.41) is 3.25. The smallest absolute Gasteiger partial charge is 0.145 e. The molecule has 0 bridgehead atoms. The lowest BCUT2D eigenvalue weighted by Crippen LogP contribution is -2.12. The number of anilines is 3. The van der Waals surface area contributed by atoms with Crippen LogP contribution in [-0.2, 0) is 0 Å². The average molecular weight is 322 g/mol. The molecule has 0 fully saturated rings. The Morgan fingerprint density at radius 3 is 2.47 bits per heavy atom. The van der Waals surface area contributed by atoms with Crippen LogP contribution < -0.4 is 16.6 Å². The Labute approximate surface area is 120 Å². The van der Waals surface area contributed by atoms with Crippen LogP contribution in [-0.4, -0.2) is 9.97 Å². The first kappa shape index (κ1) is 13.8. The Kier molecular flexibility index (Phi) is 4.34. The van der Waals surface area contributed by atoms with Gasteiger partial charge in [0, 0.05) is 16.5 Å². The SMILES string of the molecule is CC(C)c1nc(NN)cc(Nc2ccccc2Br)n1. The normalized spacial score (nSPS) is 10.6. The molecule has 0 spiro atoms. The maximum Gasteiger partial charge on any atom is 0.145 e. The van der Waals surface area contributed by atoms with E-state index in [1.807, 2.05) is 38.1 Å². The van der Waals surface area contributed by atoms with E-state index in [4.69, 9.17) is 5.84 Å². The molecule has 4 N–H and O–H groups in total. The molecule has 19 heavy (non-hydrogen) atoms. The fraction of sp³-hybridized carbons (Fsp3) is 0.231. The van der Waals surface area contributed by atoms with E-state index in [-0.39, 0.29) is 5.92 Å². The summed E-state index contributed by atoms with van der Waals surface area (Å²) in [5.74, 6) is 7.70. The number of benzene rings is 1. The van der Waals surface area contributed by atoms with Crippen molar-refractivity contribution in [1.82, 2.24) is 9.97 Å². The van der Waals surface area contributed by atoms with Gasteiger partial charge < -0.3 is 10.7 Å². The third-order valence-corrected chi connectivity index (χ3v) is 3.24. The first-order chi connectivity index (χ1) is 9.10. The van der Waals surface area contributed by atoms with Crippen molar-refractivity contribution in [3.05, 3.63) is 40.6 Å². The number of aromatic nitrogens is 2. The van der Waals surface area contributed by atoms with Gasteiger partial charge in [0.1, 0.15) is 17.5 Å². The van der Waals surface area contributed by atoms with Crippen molar-refractivity contribution < 1.29 is 0 Å². The molecule has 0 aliphatic heterocycles. The molecule has 1 aromatic carbocycles. The lowest BCUT2D eigenvalue weighted by Gasteiger charge is -2.12. The van der Waals surface area contributed by atoms with Crippen LogP contribution in [0.25, 0.3) is 0 Å². The Bertz CT molecular complexity index is 571. The number of hydrazine groups is 1. The fourth-order valence-electron chi connectivity index (χ4n) is 1.56. The average Bonchev–Trinajstić information content (AvgIpc) is 2.41. The van der Waals surface area contributed by atoms with E-state index in [1.54, 1.807) is 6.07 Å². The van der Waals surface area contributed by atoms with Gasteiger partial charge in [-0.25, -0.2) is 15.8 Å². The Morgan fingerprint density at radius 1 is 1.16 bits per heavy atom. The molecule has 2 aromatic rings. The fourth-order valence-corrected chi connectivity index (χ4v) is 1.95. The van der Waals surface area contributed by atoms with Crippen molar-refractivity contribution in [1.29, 1.82) is 0 Å². The van der Waals surface area contributed by atoms with Gasteiger partial charge in [-0.15, -0.1) is 0 Å². The molecule has 0 aliphatic rings. The summed E-state index contributed by atoms with van der Waals surface area (Å²) < 4.78 is 0.974. The van der Waals surface area contributed by atoms with E-state index in [2.05, 4.69) is 36.6 Å². The van der Waals surface area contributed by atoms with Crippen molar-refractivity contribution in [3.63, 3.8) is 0 Å². The molecule has 1 heterocycles. The molecule has 0 atom stereocenters. The van der Waals surface area contributed by atoms with Crippen LogP contribution >= 0.6 is 15.9 Å². The topological polar surface area (TPSA) is 75.9 Å². The van der Waals surface area contributed by atoms with E-state index < -0.39 is 0 Å². The molecule has 0 aliphatic carbocycles. The predicted molar refractivity (Wildman–Crippen MR) is 81.4 cm³/mol. The molecule has 2 rings (SSSR count). The van der Waals surface area contributed by atoms with Gasteiger partial charge >= 0.3 is 0 Å². The third kappa shape index (κ3) is 3.42. The van der Waals surface area contributed by atoms with Gasteiger partial charge in [0.15, 0.2) is 0 Å². The molecular formula is C13H16BrN5. The van der Waals surface area contributed by atoms with Crippen molar-refractivity contribution in [2.24, 2.45) is 5.84 Å². The zero-order valence-corrected chi connectivity index (χ0v) is 12.4. The van der Waals surface area contributed by atoms with E-state index in [1.165, 1.54) is 0 Å². The molecule has 5 nitrogen and oxygen atoms in total. The monoisotopic (exact) mass is 321 g/mol. The molecule has 0 radical (unpaired) electrons. The maximum absolute atomic E-state index is 5.43. The lowest BCUT2D eigenvalue weighted by atomic mass is 10.2. The van der Waals surface area contributed by atoms with Crippen LogP contribution in [0.15, 0.2) is 34.8 Å². The highest BCUT2D eigenvalue weighted by atomic mass is 79.9. The first-order valence-electron chi connectivity index (χ1n) is 5.97. The van der Waals surface area contributed by atoms with Crippen LogP contribution in [0, 0.1) is 0 Å². The molecular weight excluding hydrogens is 306 g/mol. The summed E-state index contributed by atoms with van der Waals surface area (Å²) >= 11 is 3.49. The number of rotatable bonds is 4. The van der Waals surface area contributed by atoms with Crippen LogP contribution in [0.4, 0.5) is 17.3 Å². The minimum Gasteiger partial charge on any atom is -0.339 e. The summed E-state index contributed by atoms with van der Waals surface area (Å²) in [6.45, 7) is 4.08. The zero-order chi connectivity index (χ0) is 13.8. The summed E-state index contributed by atoms with van der Waals surface area (Å²) in [6.07, 6.45) is 0. The van der Waals surface area contributed by atoms with Gasteiger partial charge in [-0.2, -0.15) is 0 Å².